The number of ketones is 1. The number of rotatable bonds is 2. The molecular weight excluding hydrogens is 376 g/mol. The highest BCUT2D eigenvalue weighted by atomic mass is 79.9. The molecule has 1 N–H and O–H groups in total. The maximum absolute atomic E-state index is 12.6. The molecule has 4 aliphatic carbocycles. The van der Waals surface area contributed by atoms with Crippen LogP contribution in [0.1, 0.15) is 72.1 Å². The summed E-state index contributed by atoms with van der Waals surface area (Å²) in [6.45, 7) is 6.91. The van der Waals surface area contributed by atoms with Crippen molar-refractivity contribution in [2.45, 2.75) is 77.7 Å². The van der Waals surface area contributed by atoms with Gasteiger partial charge in [-0.3, -0.25) is 4.79 Å². The van der Waals surface area contributed by atoms with E-state index in [0.29, 0.717) is 17.0 Å². The predicted molar refractivity (Wildman–Crippen MR) is 105 cm³/mol. The molecule has 4 fully saturated rings. The Morgan fingerprint density at radius 3 is 2.52 bits per heavy atom. The lowest BCUT2D eigenvalue weighted by Crippen LogP contribution is -2.51. The van der Waals surface area contributed by atoms with Gasteiger partial charge in [-0.15, -0.1) is 0 Å². The molecule has 0 heterocycles. The first-order chi connectivity index (χ1) is 11.8. The quantitative estimate of drug-likeness (QED) is 0.633. The molecule has 9 atom stereocenters. The number of alkyl halides is 1. The van der Waals surface area contributed by atoms with E-state index in [1.54, 1.807) is 0 Å². The Kier molecular flexibility index (Phi) is 4.68. The number of aliphatic hydroxyl groups is 1. The van der Waals surface area contributed by atoms with Gasteiger partial charge in [-0.25, -0.2) is 0 Å². The lowest BCUT2D eigenvalue weighted by molar-refractivity contribution is -0.130. The van der Waals surface area contributed by atoms with Gasteiger partial charge in [-0.2, -0.15) is 0 Å². The van der Waals surface area contributed by atoms with Gasteiger partial charge in [-0.1, -0.05) is 29.8 Å². The monoisotopic (exact) mass is 410 g/mol. The molecule has 0 bridgehead atoms. The lowest BCUT2D eigenvalue weighted by Gasteiger charge is -2.57. The van der Waals surface area contributed by atoms with Crippen LogP contribution in [-0.2, 0) is 4.79 Å². The van der Waals surface area contributed by atoms with Crippen LogP contribution in [0.25, 0.3) is 0 Å². The Hall–Kier alpha value is 0.110. The van der Waals surface area contributed by atoms with Crippen molar-refractivity contribution < 1.29 is 9.90 Å². The number of carbonyl (C=O) groups excluding carboxylic acids is 1. The fourth-order valence-electron chi connectivity index (χ4n) is 8.22. The summed E-state index contributed by atoms with van der Waals surface area (Å²) < 4.78 is 0. The summed E-state index contributed by atoms with van der Waals surface area (Å²) in [6.07, 6.45) is 9.53. The Morgan fingerprint density at radius 1 is 1.08 bits per heavy atom. The zero-order valence-corrected chi connectivity index (χ0v) is 17.7. The van der Waals surface area contributed by atoms with E-state index in [9.17, 15) is 9.90 Å². The molecule has 4 rings (SSSR count). The van der Waals surface area contributed by atoms with Crippen molar-refractivity contribution in [3.8, 4) is 0 Å². The van der Waals surface area contributed by atoms with Gasteiger partial charge in [0.05, 0.1) is 10.9 Å². The third-order valence-electron chi connectivity index (χ3n) is 9.07. The van der Waals surface area contributed by atoms with Crippen LogP contribution in [0.15, 0.2) is 0 Å². The van der Waals surface area contributed by atoms with Gasteiger partial charge in [0.15, 0.2) is 0 Å². The standard InChI is InChI=1S/C22H35BrO2/c1-13-10-18(19(24)12-23)22(3)9-7-16-15-6-8-21(2,25)11-14(15)4-5-17(16)20(13)22/h13-18,20,25H,4-12H2,1-3H3/t13-,14?,15+,16-,17-,18-,20+,21-,22-/m1/s1. The summed E-state index contributed by atoms with van der Waals surface area (Å²) in [5, 5.41) is 11.1. The molecule has 25 heavy (non-hydrogen) atoms. The van der Waals surface area contributed by atoms with Gasteiger partial charge in [0.25, 0.3) is 0 Å². The highest BCUT2D eigenvalue weighted by molar-refractivity contribution is 9.09. The number of hydrogen-bond acceptors (Lipinski definition) is 2. The van der Waals surface area contributed by atoms with E-state index in [1.165, 1.54) is 32.1 Å². The van der Waals surface area contributed by atoms with Gasteiger partial charge in [0.1, 0.15) is 5.78 Å². The highest BCUT2D eigenvalue weighted by Crippen LogP contribution is 2.66. The second-order valence-corrected chi connectivity index (χ2v) is 11.1. The van der Waals surface area contributed by atoms with Crippen LogP contribution in [0.2, 0.25) is 0 Å². The lowest BCUT2D eigenvalue weighted by atomic mass is 9.48. The SMILES string of the molecule is C[C@@H]1C[C@H](C(=O)CBr)[C@@]2(C)CC[C@H]3[C@@H](CCC4C[C@](C)(O)CC[C@@H]43)[C@H]12. The minimum Gasteiger partial charge on any atom is -0.390 e. The molecular formula is C22H35BrO2. The average Bonchev–Trinajstić information content (AvgIpc) is 2.84. The molecule has 0 aromatic carbocycles. The number of carbonyl (C=O) groups is 1. The smallest absolute Gasteiger partial charge is 0.147 e. The Labute approximate surface area is 161 Å². The number of halogens is 1. The molecule has 0 saturated heterocycles. The molecule has 2 nitrogen and oxygen atoms in total. The molecule has 0 aromatic rings. The van der Waals surface area contributed by atoms with Gasteiger partial charge >= 0.3 is 0 Å². The van der Waals surface area contributed by atoms with E-state index in [2.05, 4.69) is 29.8 Å². The highest BCUT2D eigenvalue weighted by Gasteiger charge is 2.60. The Bertz CT molecular complexity index is 544. The maximum Gasteiger partial charge on any atom is 0.147 e. The molecule has 3 heteroatoms. The van der Waals surface area contributed by atoms with E-state index in [1.807, 2.05) is 6.92 Å². The molecule has 4 aliphatic rings. The van der Waals surface area contributed by atoms with E-state index >= 15 is 0 Å². The molecule has 1 unspecified atom stereocenters. The first kappa shape index (κ1) is 18.5. The number of Topliss-reactive ketones (excluding diaryl/α,β-unsaturated/α-hetero) is 1. The number of hydrogen-bond donors (Lipinski definition) is 1. The number of fused-ring (bicyclic) bond motifs is 5. The molecule has 4 saturated carbocycles. The summed E-state index contributed by atoms with van der Waals surface area (Å²) in [5.41, 5.74) is -0.191. The van der Waals surface area contributed by atoms with Crippen LogP contribution in [0.5, 0.6) is 0 Å². The van der Waals surface area contributed by atoms with Gasteiger partial charge in [0.2, 0.25) is 0 Å². The van der Waals surface area contributed by atoms with Crippen molar-refractivity contribution in [2.75, 3.05) is 5.33 Å². The molecule has 0 spiro atoms. The summed E-state index contributed by atoms with van der Waals surface area (Å²) in [5.74, 6) is 5.40. The minimum absolute atomic E-state index is 0.235. The van der Waals surface area contributed by atoms with Crippen LogP contribution < -0.4 is 0 Å². The van der Waals surface area contributed by atoms with Crippen molar-refractivity contribution in [2.24, 2.45) is 46.8 Å². The average molecular weight is 411 g/mol. The zero-order valence-electron chi connectivity index (χ0n) is 16.1. The van der Waals surface area contributed by atoms with Crippen molar-refractivity contribution in [3.05, 3.63) is 0 Å². The third kappa shape index (κ3) is 2.87. The van der Waals surface area contributed by atoms with Crippen molar-refractivity contribution in [1.29, 1.82) is 0 Å². The topological polar surface area (TPSA) is 37.3 Å². The summed E-state index contributed by atoms with van der Waals surface area (Å²) in [7, 11) is 0. The van der Waals surface area contributed by atoms with Crippen LogP contribution >= 0.6 is 15.9 Å². The molecule has 0 amide bonds. The first-order valence-corrected chi connectivity index (χ1v) is 11.7. The molecule has 0 aromatic heterocycles. The van der Waals surface area contributed by atoms with Crippen molar-refractivity contribution in [1.82, 2.24) is 0 Å². The van der Waals surface area contributed by atoms with Crippen molar-refractivity contribution >= 4 is 21.7 Å². The molecule has 0 aliphatic heterocycles. The normalized spacial score (nSPS) is 55.2. The summed E-state index contributed by atoms with van der Waals surface area (Å²) >= 11 is 3.44. The molecule has 142 valence electrons. The Balaban J connectivity index is 1.58. The third-order valence-corrected chi connectivity index (χ3v) is 9.62. The van der Waals surface area contributed by atoms with E-state index in [-0.39, 0.29) is 11.3 Å². The summed E-state index contributed by atoms with van der Waals surface area (Å²) in [6, 6.07) is 0. The van der Waals surface area contributed by atoms with E-state index < -0.39 is 5.60 Å². The summed E-state index contributed by atoms with van der Waals surface area (Å²) in [4.78, 5) is 12.6. The van der Waals surface area contributed by atoms with Crippen LogP contribution in [0.4, 0.5) is 0 Å². The first-order valence-electron chi connectivity index (χ1n) is 10.6. The van der Waals surface area contributed by atoms with Gasteiger partial charge in [0, 0.05) is 5.92 Å². The van der Waals surface area contributed by atoms with Crippen LogP contribution in [-0.4, -0.2) is 21.8 Å². The second kappa shape index (κ2) is 6.33. The van der Waals surface area contributed by atoms with Crippen molar-refractivity contribution in [3.63, 3.8) is 0 Å². The molecule has 0 radical (unpaired) electrons. The van der Waals surface area contributed by atoms with Crippen LogP contribution in [0.3, 0.4) is 0 Å². The minimum atomic E-state index is -0.425. The van der Waals surface area contributed by atoms with Gasteiger partial charge < -0.3 is 5.11 Å². The fraction of sp³-hybridized carbons (Fsp3) is 0.955. The van der Waals surface area contributed by atoms with Crippen LogP contribution in [0, 0.1) is 46.8 Å². The maximum atomic E-state index is 12.6. The Morgan fingerprint density at radius 2 is 1.80 bits per heavy atom. The zero-order chi connectivity index (χ0) is 18.0. The fourth-order valence-corrected chi connectivity index (χ4v) is 8.61. The van der Waals surface area contributed by atoms with E-state index in [0.717, 1.165) is 48.9 Å². The largest absolute Gasteiger partial charge is 0.390 e. The van der Waals surface area contributed by atoms with Gasteiger partial charge in [-0.05, 0) is 99.2 Å². The van der Waals surface area contributed by atoms with E-state index in [4.69, 9.17) is 0 Å². The second-order valence-electron chi connectivity index (χ2n) is 10.5. The predicted octanol–water partition coefficient (Wildman–Crippen LogP) is 5.22.